The van der Waals surface area contributed by atoms with Crippen molar-refractivity contribution in [3.63, 3.8) is 0 Å². The predicted molar refractivity (Wildman–Crippen MR) is 109 cm³/mol. The Kier molecular flexibility index (Phi) is 4.80. The summed E-state index contributed by atoms with van der Waals surface area (Å²) in [5, 5.41) is 7.33. The van der Waals surface area contributed by atoms with Crippen molar-refractivity contribution >= 4 is 38.5 Å². The Morgan fingerprint density at radius 3 is 2.86 bits per heavy atom. The van der Waals surface area contributed by atoms with Gasteiger partial charge in [0, 0.05) is 23.2 Å². The molecule has 7 nitrogen and oxygen atoms in total. The van der Waals surface area contributed by atoms with Crippen LogP contribution in [0.4, 0.5) is 0 Å². The summed E-state index contributed by atoms with van der Waals surface area (Å²) in [4.78, 5) is 25.8. The second-order valence-corrected chi connectivity index (χ2v) is 7.52. The maximum Gasteiger partial charge on any atom is 0.291 e. The highest BCUT2D eigenvalue weighted by Gasteiger charge is 2.23. The SMILES string of the molecule is CC[C@H](C(=O)NCc1cccc(Br)c1)n1nc(C)n2c(cc3occc32)c1=O. The van der Waals surface area contributed by atoms with Gasteiger partial charge >= 0.3 is 0 Å². The normalized spacial score (nSPS) is 12.5. The van der Waals surface area contributed by atoms with E-state index in [1.54, 1.807) is 22.8 Å². The van der Waals surface area contributed by atoms with E-state index < -0.39 is 6.04 Å². The summed E-state index contributed by atoms with van der Waals surface area (Å²) in [5.74, 6) is 0.375. The zero-order valence-corrected chi connectivity index (χ0v) is 17.1. The van der Waals surface area contributed by atoms with Gasteiger partial charge in [-0.1, -0.05) is 35.0 Å². The van der Waals surface area contributed by atoms with Crippen LogP contribution in [0.15, 0.2) is 56.3 Å². The molecule has 3 heterocycles. The summed E-state index contributed by atoms with van der Waals surface area (Å²) in [5.41, 5.74) is 2.50. The number of carbonyl (C=O) groups is 1. The van der Waals surface area contributed by atoms with Crippen molar-refractivity contribution in [3.8, 4) is 0 Å². The van der Waals surface area contributed by atoms with Crippen molar-refractivity contribution in [1.82, 2.24) is 19.5 Å². The first-order valence-electron chi connectivity index (χ1n) is 9.00. The molecule has 3 aromatic heterocycles. The van der Waals surface area contributed by atoms with Gasteiger partial charge in [0.25, 0.3) is 5.56 Å². The third-order valence-electron chi connectivity index (χ3n) is 4.77. The first-order valence-corrected chi connectivity index (χ1v) is 9.79. The summed E-state index contributed by atoms with van der Waals surface area (Å²) < 4.78 is 9.38. The second kappa shape index (κ2) is 7.27. The average molecular weight is 443 g/mol. The Balaban J connectivity index is 1.67. The number of nitrogens with one attached hydrogen (secondary N) is 1. The summed E-state index contributed by atoms with van der Waals surface area (Å²) in [6, 6.07) is 10.5. The number of amides is 1. The summed E-state index contributed by atoms with van der Waals surface area (Å²) in [6.45, 7) is 4.05. The summed E-state index contributed by atoms with van der Waals surface area (Å²) in [6.07, 6.45) is 2.02. The highest BCUT2D eigenvalue weighted by atomic mass is 79.9. The Labute approximate surface area is 169 Å². The van der Waals surface area contributed by atoms with E-state index in [2.05, 4.69) is 26.3 Å². The van der Waals surface area contributed by atoms with E-state index in [4.69, 9.17) is 4.42 Å². The van der Waals surface area contributed by atoms with Gasteiger partial charge in [0.1, 0.15) is 17.4 Å². The van der Waals surface area contributed by atoms with Gasteiger partial charge < -0.3 is 9.73 Å². The van der Waals surface area contributed by atoms with Crippen molar-refractivity contribution < 1.29 is 9.21 Å². The number of hydrogen-bond acceptors (Lipinski definition) is 4. The van der Waals surface area contributed by atoms with E-state index in [0.29, 0.717) is 29.9 Å². The number of hydrogen-bond donors (Lipinski definition) is 1. The van der Waals surface area contributed by atoms with Gasteiger partial charge in [-0.3, -0.25) is 14.0 Å². The number of aromatic nitrogens is 3. The smallest absolute Gasteiger partial charge is 0.291 e. The van der Waals surface area contributed by atoms with Crippen LogP contribution in [-0.2, 0) is 11.3 Å². The van der Waals surface area contributed by atoms with Crippen LogP contribution in [0, 0.1) is 6.92 Å². The molecule has 0 fully saturated rings. The summed E-state index contributed by atoms with van der Waals surface area (Å²) >= 11 is 3.42. The van der Waals surface area contributed by atoms with Crippen molar-refractivity contribution in [2.45, 2.75) is 32.9 Å². The average Bonchev–Trinajstić information content (AvgIpc) is 3.26. The monoisotopic (exact) mass is 442 g/mol. The number of fused-ring (bicyclic) bond motifs is 3. The second-order valence-electron chi connectivity index (χ2n) is 6.60. The van der Waals surface area contributed by atoms with Crippen molar-refractivity contribution in [2.75, 3.05) is 0 Å². The molecule has 0 saturated heterocycles. The fourth-order valence-electron chi connectivity index (χ4n) is 3.43. The molecule has 0 radical (unpaired) electrons. The molecule has 0 aliphatic rings. The van der Waals surface area contributed by atoms with Crippen LogP contribution < -0.4 is 10.9 Å². The molecule has 8 heteroatoms. The fourth-order valence-corrected chi connectivity index (χ4v) is 3.88. The minimum atomic E-state index is -0.690. The number of halogens is 1. The van der Waals surface area contributed by atoms with E-state index in [1.807, 2.05) is 38.1 Å². The molecule has 1 N–H and O–H groups in total. The first-order chi connectivity index (χ1) is 13.5. The Hall–Kier alpha value is -2.87. The van der Waals surface area contributed by atoms with E-state index in [9.17, 15) is 9.59 Å². The molecule has 0 unspecified atom stereocenters. The van der Waals surface area contributed by atoms with Crippen LogP contribution in [-0.4, -0.2) is 20.1 Å². The quantitative estimate of drug-likeness (QED) is 0.511. The number of aryl methyl sites for hydroxylation is 1. The summed E-state index contributed by atoms with van der Waals surface area (Å²) in [7, 11) is 0. The molecule has 0 saturated carbocycles. The van der Waals surface area contributed by atoms with E-state index >= 15 is 0 Å². The standard InChI is InChI=1S/C20H19BrN4O3/c1-3-15(19(26)22-11-13-5-4-6-14(21)9-13)25-20(27)17-10-18-16(7-8-28-18)24(17)12(2)23-25/h4-10,15H,3,11H2,1-2H3,(H,22,26)/t15-/m1/s1. The van der Waals surface area contributed by atoms with Crippen LogP contribution in [0.3, 0.4) is 0 Å². The number of nitrogens with zero attached hydrogens (tertiary/aromatic N) is 3. The van der Waals surface area contributed by atoms with Gasteiger partial charge in [0.2, 0.25) is 5.91 Å². The van der Waals surface area contributed by atoms with Crippen LogP contribution >= 0.6 is 15.9 Å². The number of furan rings is 1. The highest BCUT2D eigenvalue weighted by Crippen LogP contribution is 2.21. The molecule has 4 aromatic rings. The van der Waals surface area contributed by atoms with Crippen LogP contribution in [0.1, 0.15) is 30.8 Å². The van der Waals surface area contributed by atoms with Crippen LogP contribution in [0.25, 0.3) is 16.6 Å². The predicted octanol–water partition coefficient (Wildman–Crippen LogP) is 3.58. The van der Waals surface area contributed by atoms with Gasteiger partial charge in [-0.2, -0.15) is 5.10 Å². The third kappa shape index (κ3) is 3.13. The zero-order chi connectivity index (χ0) is 19.8. The fraction of sp³-hybridized carbons (Fsp3) is 0.250. The largest absolute Gasteiger partial charge is 0.463 e. The molecule has 28 heavy (non-hydrogen) atoms. The lowest BCUT2D eigenvalue weighted by Crippen LogP contribution is -2.39. The molecular formula is C20H19BrN4O3. The Morgan fingerprint density at radius 2 is 2.11 bits per heavy atom. The maximum absolute atomic E-state index is 13.0. The topological polar surface area (TPSA) is 81.5 Å². The Bertz CT molecular complexity index is 1240. The lowest BCUT2D eigenvalue weighted by atomic mass is 10.2. The molecule has 0 aliphatic heterocycles. The van der Waals surface area contributed by atoms with E-state index in [1.165, 1.54) is 4.68 Å². The van der Waals surface area contributed by atoms with Gasteiger partial charge in [0.15, 0.2) is 5.58 Å². The molecule has 4 rings (SSSR count). The van der Waals surface area contributed by atoms with Crippen LogP contribution in [0.5, 0.6) is 0 Å². The third-order valence-corrected chi connectivity index (χ3v) is 5.26. The molecule has 1 atom stereocenters. The van der Waals surface area contributed by atoms with Gasteiger partial charge in [0.05, 0.1) is 11.8 Å². The van der Waals surface area contributed by atoms with Gasteiger partial charge in [-0.05, 0) is 31.0 Å². The minimum Gasteiger partial charge on any atom is -0.463 e. The van der Waals surface area contributed by atoms with Gasteiger partial charge in [-0.25, -0.2) is 4.68 Å². The van der Waals surface area contributed by atoms with E-state index in [0.717, 1.165) is 15.6 Å². The van der Waals surface area contributed by atoms with Gasteiger partial charge in [-0.15, -0.1) is 0 Å². The molecule has 0 aliphatic carbocycles. The van der Waals surface area contributed by atoms with Crippen molar-refractivity contribution in [2.24, 2.45) is 0 Å². The number of rotatable bonds is 5. The lowest BCUT2D eigenvalue weighted by molar-refractivity contribution is -0.125. The molecule has 0 spiro atoms. The minimum absolute atomic E-state index is 0.240. The first kappa shape index (κ1) is 18.5. The van der Waals surface area contributed by atoms with Crippen molar-refractivity contribution in [3.05, 3.63) is 68.9 Å². The molecule has 1 amide bonds. The molecule has 144 valence electrons. The zero-order valence-electron chi connectivity index (χ0n) is 15.5. The Morgan fingerprint density at radius 1 is 1.29 bits per heavy atom. The van der Waals surface area contributed by atoms with E-state index in [-0.39, 0.29) is 11.5 Å². The van der Waals surface area contributed by atoms with Crippen LogP contribution in [0.2, 0.25) is 0 Å². The van der Waals surface area contributed by atoms with Crippen molar-refractivity contribution in [1.29, 1.82) is 0 Å². The number of carbonyl (C=O) groups excluding carboxylic acids is 1. The molecule has 0 bridgehead atoms. The number of benzene rings is 1. The lowest BCUT2D eigenvalue weighted by Gasteiger charge is -2.18. The molecule has 1 aromatic carbocycles. The maximum atomic E-state index is 13.0. The molecular weight excluding hydrogens is 424 g/mol. The highest BCUT2D eigenvalue weighted by molar-refractivity contribution is 9.10.